The van der Waals surface area contributed by atoms with Crippen LogP contribution in [0.3, 0.4) is 0 Å². The summed E-state index contributed by atoms with van der Waals surface area (Å²) in [6.07, 6.45) is 1.96. The van der Waals surface area contributed by atoms with Crippen molar-refractivity contribution in [2.24, 2.45) is 0 Å². The van der Waals surface area contributed by atoms with Crippen molar-refractivity contribution in [3.05, 3.63) is 99.4 Å². The Morgan fingerprint density at radius 2 is 1.56 bits per heavy atom. The van der Waals surface area contributed by atoms with Gasteiger partial charge in [0.25, 0.3) is 0 Å². The van der Waals surface area contributed by atoms with Gasteiger partial charge in [-0.25, -0.2) is 12.8 Å². The van der Waals surface area contributed by atoms with Crippen LogP contribution in [-0.4, -0.2) is 50.0 Å². The second-order valence-corrected chi connectivity index (χ2v) is 12.6. The third-order valence-corrected chi connectivity index (χ3v) is 8.19. The smallest absolute Gasteiger partial charge is 0.244 e. The highest BCUT2D eigenvalue weighted by molar-refractivity contribution is 14.1. The van der Waals surface area contributed by atoms with E-state index in [2.05, 4.69) is 27.9 Å². The van der Waals surface area contributed by atoms with Crippen LogP contribution in [0.2, 0.25) is 0 Å². The lowest BCUT2D eigenvalue weighted by molar-refractivity contribution is -0.140. The number of hydrogen-bond donors (Lipinski definition) is 1. The molecule has 0 aromatic heterocycles. The van der Waals surface area contributed by atoms with E-state index in [1.807, 2.05) is 44.2 Å². The number of benzene rings is 3. The van der Waals surface area contributed by atoms with E-state index < -0.39 is 34.3 Å². The minimum absolute atomic E-state index is 0.00513. The molecule has 0 radical (unpaired) electrons. The van der Waals surface area contributed by atoms with Gasteiger partial charge in [0.05, 0.1) is 11.9 Å². The Morgan fingerprint density at radius 1 is 0.949 bits per heavy atom. The Balaban J connectivity index is 2.04. The molecule has 0 spiro atoms. The molecular weight excluding hydrogens is 632 g/mol. The van der Waals surface area contributed by atoms with E-state index in [4.69, 9.17) is 0 Å². The topological polar surface area (TPSA) is 86.8 Å². The van der Waals surface area contributed by atoms with E-state index in [0.29, 0.717) is 17.7 Å². The third-order valence-electron chi connectivity index (χ3n) is 6.33. The molecule has 0 bridgehead atoms. The number of carbonyl (C=O) groups is 2. The average molecular weight is 666 g/mol. The van der Waals surface area contributed by atoms with Crippen molar-refractivity contribution in [1.29, 1.82) is 0 Å². The van der Waals surface area contributed by atoms with E-state index in [1.54, 1.807) is 36.4 Å². The fraction of sp³-hybridized carbons (Fsp3) is 0.310. The zero-order valence-electron chi connectivity index (χ0n) is 22.2. The van der Waals surface area contributed by atoms with Gasteiger partial charge in [-0.15, -0.1) is 0 Å². The molecule has 3 aromatic rings. The molecule has 3 aromatic carbocycles. The summed E-state index contributed by atoms with van der Waals surface area (Å²) < 4.78 is 41.2. The number of halogens is 2. The minimum Gasteiger partial charge on any atom is -0.352 e. The van der Waals surface area contributed by atoms with Crippen LogP contribution >= 0.6 is 22.6 Å². The van der Waals surface area contributed by atoms with Crippen LogP contribution in [0.4, 0.5) is 10.1 Å². The lowest BCUT2D eigenvalue weighted by Crippen LogP contribution is -2.54. The zero-order valence-corrected chi connectivity index (χ0v) is 25.2. The quantitative estimate of drug-likeness (QED) is 0.283. The second-order valence-electron chi connectivity index (χ2n) is 9.42. The number of nitrogens with zero attached hydrogens (tertiary/aromatic N) is 2. The SMILES string of the molecule is CC[C@H](C)NC(=O)[C@H](Cc1ccccc1)N(Cc1ccc(F)cc1)C(=O)CN(c1ccc(I)cc1)S(C)(=O)=O. The Bertz CT molecular complexity index is 1350. The van der Waals surface area contributed by atoms with Gasteiger partial charge in [0.1, 0.15) is 18.4 Å². The van der Waals surface area contributed by atoms with Crippen molar-refractivity contribution in [2.45, 2.75) is 45.3 Å². The van der Waals surface area contributed by atoms with Crippen molar-refractivity contribution < 1.29 is 22.4 Å². The van der Waals surface area contributed by atoms with Crippen LogP contribution in [0.15, 0.2) is 78.9 Å². The summed E-state index contributed by atoms with van der Waals surface area (Å²) in [5, 5.41) is 2.98. The summed E-state index contributed by atoms with van der Waals surface area (Å²) in [6, 6.07) is 20.7. The van der Waals surface area contributed by atoms with Gasteiger partial charge >= 0.3 is 0 Å². The van der Waals surface area contributed by atoms with Gasteiger partial charge in [0, 0.05) is 22.6 Å². The summed E-state index contributed by atoms with van der Waals surface area (Å²) in [5.41, 5.74) is 1.80. The number of carbonyl (C=O) groups excluding carboxylic acids is 2. The predicted molar refractivity (Wildman–Crippen MR) is 160 cm³/mol. The number of rotatable bonds is 12. The van der Waals surface area contributed by atoms with Crippen LogP contribution in [0.5, 0.6) is 0 Å². The van der Waals surface area contributed by atoms with Gasteiger partial charge in [0.2, 0.25) is 21.8 Å². The molecule has 7 nitrogen and oxygen atoms in total. The second kappa shape index (κ2) is 13.9. The highest BCUT2D eigenvalue weighted by Crippen LogP contribution is 2.21. The molecule has 1 N–H and O–H groups in total. The molecule has 0 saturated heterocycles. The molecule has 0 saturated carbocycles. The van der Waals surface area contributed by atoms with Crippen LogP contribution < -0.4 is 9.62 Å². The van der Waals surface area contributed by atoms with E-state index >= 15 is 0 Å². The summed E-state index contributed by atoms with van der Waals surface area (Å²) in [5.74, 6) is -1.32. The molecule has 0 aliphatic heterocycles. The third kappa shape index (κ3) is 9.03. The molecule has 3 rings (SSSR count). The van der Waals surface area contributed by atoms with Crippen LogP contribution in [0.1, 0.15) is 31.4 Å². The molecule has 2 atom stereocenters. The number of sulfonamides is 1. The molecule has 0 aliphatic carbocycles. The van der Waals surface area contributed by atoms with Crippen molar-refractivity contribution in [2.75, 3.05) is 17.1 Å². The Kier molecular flexibility index (Phi) is 10.9. The fourth-order valence-electron chi connectivity index (χ4n) is 4.00. The normalized spacial score (nSPS) is 12.8. The van der Waals surface area contributed by atoms with Gasteiger partial charge in [-0.2, -0.15) is 0 Å². The van der Waals surface area contributed by atoms with E-state index in [1.165, 1.54) is 17.0 Å². The maximum atomic E-state index is 14.0. The van der Waals surface area contributed by atoms with Gasteiger partial charge in [-0.05, 0) is 83.5 Å². The molecule has 0 fully saturated rings. The largest absolute Gasteiger partial charge is 0.352 e. The van der Waals surface area contributed by atoms with Gasteiger partial charge in [-0.1, -0.05) is 49.4 Å². The molecular formula is C29H33FIN3O4S. The Labute approximate surface area is 243 Å². The Hall–Kier alpha value is -2.99. The van der Waals surface area contributed by atoms with Crippen molar-refractivity contribution in [3.63, 3.8) is 0 Å². The van der Waals surface area contributed by atoms with E-state index in [9.17, 15) is 22.4 Å². The first-order valence-electron chi connectivity index (χ1n) is 12.6. The fourth-order valence-corrected chi connectivity index (χ4v) is 5.21. The first-order chi connectivity index (χ1) is 18.5. The number of nitrogens with one attached hydrogen (secondary N) is 1. The van der Waals surface area contributed by atoms with Crippen LogP contribution in [0.25, 0.3) is 0 Å². The van der Waals surface area contributed by atoms with Gasteiger partial charge < -0.3 is 10.2 Å². The number of anilines is 1. The average Bonchev–Trinajstić information content (AvgIpc) is 2.90. The lowest BCUT2D eigenvalue weighted by atomic mass is 10.0. The number of hydrogen-bond acceptors (Lipinski definition) is 4. The number of amides is 2. The van der Waals surface area contributed by atoms with Crippen molar-refractivity contribution >= 4 is 50.1 Å². The van der Waals surface area contributed by atoms with E-state index in [0.717, 1.165) is 19.7 Å². The molecule has 2 amide bonds. The first kappa shape index (κ1) is 30.6. The summed E-state index contributed by atoms with van der Waals surface area (Å²) >= 11 is 2.12. The lowest BCUT2D eigenvalue weighted by Gasteiger charge is -2.34. The summed E-state index contributed by atoms with van der Waals surface area (Å²) in [4.78, 5) is 29.0. The molecule has 0 heterocycles. The maximum absolute atomic E-state index is 14.0. The predicted octanol–water partition coefficient (Wildman–Crippen LogP) is 4.75. The summed E-state index contributed by atoms with van der Waals surface area (Å²) in [7, 11) is -3.83. The van der Waals surface area contributed by atoms with E-state index in [-0.39, 0.29) is 24.9 Å². The molecule has 10 heteroatoms. The highest BCUT2D eigenvalue weighted by Gasteiger charge is 2.33. The molecule has 0 aliphatic rings. The van der Waals surface area contributed by atoms with Gasteiger partial charge in [-0.3, -0.25) is 13.9 Å². The van der Waals surface area contributed by atoms with Crippen molar-refractivity contribution in [1.82, 2.24) is 10.2 Å². The molecule has 208 valence electrons. The molecule has 39 heavy (non-hydrogen) atoms. The Morgan fingerprint density at radius 3 is 2.13 bits per heavy atom. The zero-order chi connectivity index (χ0) is 28.6. The minimum atomic E-state index is -3.83. The molecule has 0 unspecified atom stereocenters. The highest BCUT2D eigenvalue weighted by atomic mass is 127. The maximum Gasteiger partial charge on any atom is 0.244 e. The van der Waals surface area contributed by atoms with Gasteiger partial charge in [0.15, 0.2) is 0 Å². The van der Waals surface area contributed by atoms with Crippen LogP contribution in [0, 0.1) is 9.39 Å². The standard InChI is InChI=1S/C29H33FIN3O4S/c1-4-21(2)32-29(36)27(18-22-8-6-5-7-9-22)33(19-23-10-12-24(30)13-11-23)28(35)20-34(39(3,37)38)26-16-14-25(31)15-17-26/h5-17,21,27H,4,18-20H2,1-3H3,(H,32,36)/t21-,27-/m0/s1. The van der Waals surface area contributed by atoms with Crippen LogP contribution in [-0.2, 0) is 32.6 Å². The van der Waals surface area contributed by atoms with Crippen molar-refractivity contribution in [3.8, 4) is 0 Å². The summed E-state index contributed by atoms with van der Waals surface area (Å²) in [6.45, 7) is 3.33. The first-order valence-corrected chi connectivity index (χ1v) is 15.5. The monoisotopic (exact) mass is 665 g/mol.